The SMILES string of the molecule is CN(C)C(=O)C(NC(=O)c1cc(-c2ccnn2C2COC2)ccc1-c1ccc(C(F)(F)F)cc1)c1cccc(C(F)(F)F)c1. The second-order valence-corrected chi connectivity index (χ2v) is 10.5. The molecule has 1 saturated heterocycles. The van der Waals surface area contributed by atoms with Crippen molar-refractivity contribution in [1.29, 1.82) is 0 Å². The maximum atomic E-state index is 13.9. The fourth-order valence-corrected chi connectivity index (χ4v) is 4.83. The molecule has 0 bridgehead atoms. The second kappa shape index (κ2) is 11.8. The summed E-state index contributed by atoms with van der Waals surface area (Å²) in [6.45, 7) is 0.883. The monoisotopic (exact) mass is 616 g/mol. The summed E-state index contributed by atoms with van der Waals surface area (Å²) in [5.41, 5.74) is -0.262. The summed E-state index contributed by atoms with van der Waals surface area (Å²) in [5, 5.41) is 6.92. The number of carbonyl (C=O) groups is 2. The molecule has 3 aromatic carbocycles. The van der Waals surface area contributed by atoms with Gasteiger partial charge in [0.15, 0.2) is 0 Å². The predicted molar refractivity (Wildman–Crippen MR) is 148 cm³/mol. The van der Waals surface area contributed by atoms with Crippen LogP contribution >= 0.6 is 0 Å². The first-order valence-corrected chi connectivity index (χ1v) is 13.4. The summed E-state index contributed by atoms with van der Waals surface area (Å²) in [6, 6.07) is 13.3. The van der Waals surface area contributed by atoms with Crippen LogP contribution in [0.5, 0.6) is 0 Å². The number of halogens is 6. The second-order valence-electron chi connectivity index (χ2n) is 10.5. The maximum absolute atomic E-state index is 13.9. The molecule has 7 nitrogen and oxygen atoms in total. The lowest BCUT2D eigenvalue weighted by Gasteiger charge is -2.28. The Balaban J connectivity index is 1.59. The van der Waals surface area contributed by atoms with Gasteiger partial charge in [-0.25, -0.2) is 0 Å². The van der Waals surface area contributed by atoms with Crippen LogP contribution in [0.15, 0.2) is 79.0 Å². The van der Waals surface area contributed by atoms with Gasteiger partial charge in [-0.3, -0.25) is 14.3 Å². The Morgan fingerprint density at radius 3 is 2.14 bits per heavy atom. The van der Waals surface area contributed by atoms with E-state index in [-0.39, 0.29) is 28.3 Å². The van der Waals surface area contributed by atoms with Crippen molar-refractivity contribution in [1.82, 2.24) is 20.0 Å². The van der Waals surface area contributed by atoms with Crippen molar-refractivity contribution >= 4 is 11.8 Å². The van der Waals surface area contributed by atoms with E-state index in [2.05, 4.69) is 10.4 Å². The third kappa shape index (κ3) is 6.32. The molecular weight excluding hydrogens is 590 g/mol. The number of ether oxygens (including phenoxy) is 1. The van der Waals surface area contributed by atoms with Crippen LogP contribution < -0.4 is 5.32 Å². The van der Waals surface area contributed by atoms with Gasteiger partial charge in [-0.05, 0) is 53.1 Å². The number of benzene rings is 3. The average molecular weight is 617 g/mol. The number of nitrogens with one attached hydrogen (secondary N) is 1. The molecule has 2 amide bonds. The van der Waals surface area contributed by atoms with E-state index in [0.717, 1.165) is 35.2 Å². The summed E-state index contributed by atoms with van der Waals surface area (Å²) in [6.07, 6.45) is -7.68. The molecule has 5 rings (SSSR count). The highest BCUT2D eigenvalue weighted by atomic mass is 19.4. The number of rotatable bonds is 7. The van der Waals surface area contributed by atoms with Gasteiger partial charge in [0.2, 0.25) is 5.91 Å². The quantitative estimate of drug-likeness (QED) is 0.245. The predicted octanol–water partition coefficient (Wildman–Crippen LogP) is 6.39. The fraction of sp³-hybridized carbons (Fsp3) is 0.258. The zero-order chi connectivity index (χ0) is 31.8. The molecule has 1 aromatic heterocycles. The van der Waals surface area contributed by atoms with E-state index in [4.69, 9.17) is 4.74 Å². The lowest BCUT2D eigenvalue weighted by molar-refractivity contribution is -0.138. The molecule has 2 heterocycles. The van der Waals surface area contributed by atoms with Crippen LogP contribution in [0.1, 0.15) is 39.1 Å². The van der Waals surface area contributed by atoms with Crippen molar-refractivity contribution in [2.45, 2.75) is 24.4 Å². The summed E-state index contributed by atoms with van der Waals surface area (Å²) in [7, 11) is 2.79. The van der Waals surface area contributed by atoms with Crippen molar-refractivity contribution in [2.24, 2.45) is 0 Å². The van der Waals surface area contributed by atoms with E-state index >= 15 is 0 Å². The molecule has 0 saturated carbocycles. The van der Waals surface area contributed by atoms with E-state index < -0.39 is 41.3 Å². The van der Waals surface area contributed by atoms with Gasteiger partial charge in [0.1, 0.15) is 6.04 Å². The van der Waals surface area contributed by atoms with E-state index in [9.17, 15) is 35.9 Å². The molecule has 4 aromatic rings. The maximum Gasteiger partial charge on any atom is 0.416 e. The first-order valence-electron chi connectivity index (χ1n) is 13.4. The van der Waals surface area contributed by atoms with Gasteiger partial charge in [0, 0.05) is 31.4 Å². The van der Waals surface area contributed by atoms with Gasteiger partial charge in [-0.2, -0.15) is 31.4 Å². The number of hydrogen-bond acceptors (Lipinski definition) is 4. The van der Waals surface area contributed by atoms with Gasteiger partial charge in [-0.1, -0.05) is 36.4 Å². The van der Waals surface area contributed by atoms with E-state index in [0.29, 0.717) is 24.5 Å². The van der Waals surface area contributed by atoms with Crippen LogP contribution in [0, 0.1) is 0 Å². The van der Waals surface area contributed by atoms with Crippen molar-refractivity contribution in [3.05, 3.63) is 101 Å². The number of likely N-dealkylation sites (N-methyl/N-ethyl adjacent to an activating group) is 1. The van der Waals surface area contributed by atoms with Crippen molar-refractivity contribution in [2.75, 3.05) is 27.3 Å². The summed E-state index contributed by atoms with van der Waals surface area (Å²) >= 11 is 0. The van der Waals surface area contributed by atoms with E-state index in [1.807, 2.05) is 0 Å². The molecule has 1 aliphatic heterocycles. The van der Waals surface area contributed by atoms with Crippen molar-refractivity contribution in [3.8, 4) is 22.4 Å². The first kappa shape index (κ1) is 30.8. The zero-order valence-corrected chi connectivity index (χ0v) is 23.4. The van der Waals surface area contributed by atoms with Crippen LogP contribution in [0.2, 0.25) is 0 Å². The first-order chi connectivity index (χ1) is 20.7. The number of hydrogen-bond donors (Lipinski definition) is 1. The van der Waals surface area contributed by atoms with E-state index in [1.54, 1.807) is 29.1 Å². The molecule has 1 fully saturated rings. The number of amides is 2. The summed E-state index contributed by atoms with van der Waals surface area (Å²) in [5.74, 6) is -1.51. The Kier molecular flexibility index (Phi) is 8.25. The highest BCUT2D eigenvalue weighted by Crippen LogP contribution is 2.35. The molecule has 0 radical (unpaired) electrons. The minimum Gasteiger partial charge on any atom is -0.377 e. The zero-order valence-electron chi connectivity index (χ0n) is 23.4. The third-order valence-electron chi connectivity index (χ3n) is 7.23. The minimum atomic E-state index is -4.69. The highest BCUT2D eigenvalue weighted by molar-refractivity contribution is 6.04. The normalized spacial score (nSPS) is 14.5. The lowest BCUT2D eigenvalue weighted by atomic mass is 9.94. The molecule has 0 aliphatic carbocycles. The van der Waals surface area contributed by atoms with Crippen LogP contribution in [0.4, 0.5) is 26.3 Å². The Morgan fingerprint density at radius 2 is 1.55 bits per heavy atom. The fourth-order valence-electron chi connectivity index (χ4n) is 4.83. The molecule has 1 unspecified atom stereocenters. The number of carbonyl (C=O) groups excluding carboxylic acids is 2. The van der Waals surface area contributed by atoms with Crippen LogP contribution in [-0.4, -0.2) is 53.8 Å². The number of nitrogens with zero attached hydrogens (tertiary/aromatic N) is 3. The van der Waals surface area contributed by atoms with Gasteiger partial charge in [-0.15, -0.1) is 0 Å². The largest absolute Gasteiger partial charge is 0.416 e. The summed E-state index contributed by atoms with van der Waals surface area (Å²) in [4.78, 5) is 28.2. The lowest BCUT2D eigenvalue weighted by Crippen LogP contribution is -2.40. The molecule has 13 heteroatoms. The Bertz CT molecular complexity index is 1670. The van der Waals surface area contributed by atoms with Gasteiger partial charge < -0.3 is 15.0 Å². The Labute approximate surface area is 248 Å². The van der Waals surface area contributed by atoms with Gasteiger partial charge in [0.25, 0.3) is 5.91 Å². The Hall–Kier alpha value is -4.65. The average Bonchev–Trinajstić information content (AvgIpc) is 3.42. The number of alkyl halides is 6. The van der Waals surface area contributed by atoms with Crippen LogP contribution in [-0.2, 0) is 21.9 Å². The molecule has 1 aliphatic rings. The third-order valence-corrected chi connectivity index (χ3v) is 7.23. The molecule has 1 atom stereocenters. The number of aromatic nitrogens is 2. The highest BCUT2D eigenvalue weighted by Gasteiger charge is 2.34. The smallest absolute Gasteiger partial charge is 0.377 e. The van der Waals surface area contributed by atoms with E-state index in [1.165, 1.54) is 38.4 Å². The van der Waals surface area contributed by atoms with Gasteiger partial charge in [0.05, 0.1) is 36.1 Å². The van der Waals surface area contributed by atoms with Crippen molar-refractivity contribution < 1.29 is 40.7 Å². The molecule has 44 heavy (non-hydrogen) atoms. The molecule has 0 spiro atoms. The standard InChI is InChI=1S/C31H26F6N4O3/c1-40(2)29(43)27(20-4-3-5-22(14-20)31(35,36)37)39-28(42)25-15-19(26-12-13-38-41(26)23-16-44-17-23)8-11-24(25)18-6-9-21(10-7-18)30(32,33)34/h3-15,23,27H,16-17H2,1-2H3,(H,39,42). The topological polar surface area (TPSA) is 76.5 Å². The minimum absolute atomic E-state index is 0.0107. The van der Waals surface area contributed by atoms with Crippen LogP contribution in [0.25, 0.3) is 22.4 Å². The molecular formula is C31H26F6N4O3. The van der Waals surface area contributed by atoms with Crippen LogP contribution in [0.3, 0.4) is 0 Å². The Morgan fingerprint density at radius 1 is 0.886 bits per heavy atom. The summed E-state index contributed by atoms with van der Waals surface area (Å²) < 4.78 is 87.2. The van der Waals surface area contributed by atoms with Crippen molar-refractivity contribution in [3.63, 3.8) is 0 Å². The molecule has 230 valence electrons. The molecule has 1 N–H and O–H groups in total. The van der Waals surface area contributed by atoms with Gasteiger partial charge >= 0.3 is 12.4 Å².